The Balaban J connectivity index is 0.000000201. The summed E-state index contributed by atoms with van der Waals surface area (Å²) in [5.74, 6) is -0.670. The highest BCUT2D eigenvalue weighted by molar-refractivity contribution is 6.51. The van der Waals surface area contributed by atoms with E-state index < -0.39 is 31.8 Å². The molecule has 10 heteroatoms. The number of hydrogen-bond acceptors (Lipinski definition) is 4. The van der Waals surface area contributed by atoms with Gasteiger partial charge in [-0.15, -0.1) is 46.4 Å². The summed E-state index contributed by atoms with van der Waals surface area (Å²) in [7, 11) is 0. The molecule has 2 unspecified atom stereocenters. The van der Waals surface area contributed by atoms with Gasteiger partial charge in [-0.2, -0.15) is 0 Å². The van der Waals surface area contributed by atoms with Gasteiger partial charge in [0, 0.05) is 11.8 Å². The molecular weight excluding hydrogens is 550 g/mol. The molecule has 2 atom stereocenters. The van der Waals surface area contributed by atoms with Crippen LogP contribution in [0.1, 0.15) is 63.5 Å². The van der Waals surface area contributed by atoms with Crippen LogP contribution < -0.4 is 9.47 Å². The Kier molecular flexibility index (Phi) is 8.08. The first-order valence-corrected chi connectivity index (χ1v) is 12.8. The third-order valence-electron chi connectivity index (χ3n) is 5.99. The Bertz CT molecular complexity index is 1020. The Morgan fingerprint density at radius 1 is 0.694 bits per heavy atom. The number of hydrogen-bond donors (Lipinski definition) is 2. The smallest absolute Gasteiger partial charge is 0.347 e. The maximum absolute atomic E-state index is 10.9. The molecule has 2 N–H and O–H groups in total. The Labute approximate surface area is 230 Å². The van der Waals surface area contributed by atoms with Gasteiger partial charge in [0.1, 0.15) is 20.2 Å². The SMILES string of the molecule is CC(C)(Oc1ccc(C2CC2(Cl)Cl)cc1)C(=O)O.CC(C)(Oc1ccc(C2CC2(Cl)Cl)cc1)C(=O)O. The molecule has 0 spiro atoms. The van der Waals surface area contributed by atoms with Gasteiger partial charge in [0.15, 0.2) is 11.2 Å². The zero-order valence-electron chi connectivity index (χ0n) is 20.2. The number of aliphatic carboxylic acids is 2. The van der Waals surface area contributed by atoms with Crippen molar-refractivity contribution in [3.63, 3.8) is 0 Å². The minimum Gasteiger partial charge on any atom is -0.478 e. The number of alkyl halides is 4. The average Bonchev–Trinajstić information content (AvgIpc) is 3.62. The summed E-state index contributed by atoms with van der Waals surface area (Å²) in [5.41, 5.74) is -0.408. The molecule has 196 valence electrons. The number of rotatable bonds is 8. The molecule has 2 aliphatic rings. The summed E-state index contributed by atoms with van der Waals surface area (Å²) in [4.78, 5) is 21.9. The first kappa shape index (κ1) is 28.7. The molecule has 2 fully saturated rings. The van der Waals surface area contributed by atoms with E-state index in [0.717, 1.165) is 24.0 Å². The van der Waals surface area contributed by atoms with Gasteiger partial charge in [0.2, 0.25) is 0 Å². The molecule has 36 heavy (non-hydrogen) atoms. The minimum absolute atomic E-state index is 0.155. The van der Waals surface area contributed by atoms with E-state index in [0.29, 0.717) is 11.5 Å². The summed E-state index contributed by atoms with van der Waals surface area (Å²) >= 11 is 23.9. The van der Waals surface area contributed by atoms with E-state index in [1.165, 1.54) is 27.7 Å². The molecule has 2 saturated carbocycles. The summed E-state index contributed by atoms with van der Waals surface area (Å²) in [6, 6.07) is 14.4. The third-order valence-corrected chi connectivity index (χ3v) is 7.66. The van der Waals surface area contributed by atoms with Crippen LogP contribution in [-0.2, 0) is 9.59 Å². The quantitative estimate of drug-likeness (QED) is 0.323. The van der Waals surface area contributed by atoms with Crippen molar-refractivity contribution in [2.75, 3.05) is 0 Å². The van der Waals surface area contributed by atoms with Gasteiger partial charge in [0.25, 0.3) is 0 Å². The van der Waals surface area contributed by atoms with E-state index in [-0.39, 0.29) is 11.8 Å². The molecule has 0 bridgehead atoms. The van der Waals surface area contributed by atoms with Gasteiger partial charge in [-0.1, -0.05) is 24.3 Å². The van der Waals surface area contributed by atoms with Crippen molar-refractivity contribution in [1.82, 2.24) is 0 Å². The largest absolute Gasteiger partial charge is 0.478 e. The molecule has 0 aliphatic heterocycles. The van der Waals surface area contributed by atoms with E-state index in [1.807, 2.05) is 24.3 Å². The van der Waals surface area contributed by atoms with Crippen LogP contribution in [0.5, 0.6) is 11.5 Å². The molecular formula is C26H28Cl4O6. The first-order valence-electron chi connectivity index (χ1n) is 11.2. The molecule has 2 aromatic rings. The number of halogens is 4. The molecule has 2 aromatic carbocycles. The van der Waals surface area contributed by atoms with Gasteiger partial charge < -0.3 is 19.7 Å². The van der Waals surface area contributed by atoms with Crippen molar-refractivity contribution in [2.45, 2.75) is 72.2 Å². The molecule has 0 radical (unpaired) electrons. The molecule has 0 amide bonds. The number of ether oxygens (including phenoxy) is 2. The second-order valence-electron chi connectivity index (χ2n) is 10.0. The van der Waals surface area contributed by atoms with Crippen LogP contribution in [-0.4, -0.2) is 42.0 Å². The van der Waals surface area contributed by atoms with E-state index in [9.17, 15) is 9.59 Å². The predicted molar refractivity (Wildman–Crippen MR) is 141 cm³/mol. The summed E-state index contributed by atoms with van der Waals surface area (Å²) in [6.07, 6.45) is 1.49. The monoisotopic (exact) mass is 576 g/mol. The van der Waals surface area contributed by atoms with Crippen molar-refractivity contribution in [2.24, 2.45) is 0 Å². The van der Waals surface area contributed by atoms with Crippen LogP contribution in [0.2, 0.25) is 0 Å². The first-order chi connectivity index (χ1) is 16.4. The van der Waals surface area contributed by atoms with E-state index in [4.69, 9.17) is 66.1 Å². The Morgan fingerprint density at radius 2 is 0.944 bits per heavy atom. The molecule has 0 saturated heterocycles. The normalized spacial score (nSPS) is 21.4. The maximum atomic E-state index is 10.9. The van der Waals surface area contributed by atoms with Crippen LogP contribution in [0.15, 0.2) is 48.5 Å². The fraction of sp³-hybridized carbons (Fsp3) is 0.462. The molecule has 6 nitrogen and oxygen atoms in total. The second kappa shape index (κ2) is 10.1. The van der Waals surface area contributed by atoms with Crippen LogP contribution in [0.3, 0.4) is 0 Å². The van der Waals surface area contributed by atoms with Crippen LogP contribution in [0.4, 0.5) is 0 Å². The highest BCUT2D eigenvalue weighted by atomic mass is 35.5. The third kappa shape index (κ3) is 7.12. The number of carboxylic acid groups (broad SMARTS) is 2. The lowest BCUT2D eigenvalue weighted by Gasteiger charge is -2.21. The van der Waals surface area contributed by atoms with Crippen molar-refractivity contribution < 1.29 is 29.3 Å². The second-order valence-corrected chi connectivity index (χ2v) is 13.1. The topological polar surface area (TPSA) is 93.1 Å². The highest BCUT2D eigenvalue weighted by Gasteiger charge is 2.53. The van der Waals surface area contributed by atoms with Crippen molar-refractivity contribution >= 4 is 58.3 Å². The van der Waals surface area contributed by atoms with Gasteiger partial charge in [0.05, 0.1) is 0 Å². The van der Waals surface area contributed by atoms with Crippen LogP contribution in [0, 0.1) is 0 Å². The summed E-state index contributed by atoms with van der Waals surface area (Å²) in [5, 5.41) is 17.9. The summed E-state index contributed by atoms with van der Waals surface area (Å²) in [6.45, 7) is 6.03. The zero-order valence-corrected chi connectivity index (χ0v) is 23.3. The van der Waals surface area contributed by atoms with Crippen LogP contribution >= 0.6 is 46.4 Å². The van der Waals surface area contributed by atoms with Gasteiger partial charge in [-0.05, 0) is 75.9 Å². The van der Waals surface area contributed by atoms with Gasteiger partial charge in [-0.25, -0.2) is 9.59 Å². The molecule has 0 aromatic heterocycles. The standard InChI is InChI=1S/2C13H14Cl2O3/c2*1-12(2,11(16)17)18-9-5-3-8(4-6-9)10-7-13(10,14)15/h2*3-6,10H,7H2,1-2H3,(H,16,17). The van der Waals surface area contributed by atoms with Gasteiger partial charge in [-0.3, -0.25) is 0 Å². The molecule has 0 heterocycles. The van der Waals surface area contributed by atoms with E-state index in [2.05, 4.69) is 0 Å². The Hall–Kier alpha value is -1.86. The van der Waals surface area contributed by atoms with E-state index >= 15 is 0 Å². The van der Waals surface area contributed by atoms with E-state index in [1.54, 1.807) is 24.3 Å². The van der Waals surface area contributed by atoms with Crippen LogP contribution in [0.25, 0.3) is 0 Å². The fourth-order valence-electron chi connectivity index (χ4n) is 3.36. The maximum Gasteiger partial charge on any atom is 0.347 e. The Morgan fingerprint density at radius 3 is 1.14 bits per heavy atom. The fourth-order valence-corrected chi connectivity index (χ4v) is 4.48. The zero-order chi connectivity index (χ0) is 27.1. The lowest BCUT2D eigenvalue weighted by atomic mass is 10.1. The lowest BCUT2D eigenvalue weighted by Crippen LogP contribution is -2.37. The number of benzene rings is 2. The summed E-state index contributed by atoms with van der Waals surface area (Å²) < 4.78 is 9.51. The predicted octanol–water partition coefficient (Wildman–Crippen LogP) is 7.18. The average molecular weight is 578 g/mol. The minimum atomic E-state index is -1.25. The number of carboxylic acids is 2. The van der Waals surface area contributed by atoms with Crippen molar-refractivity contribution in [3.05, 3.63) is 59.7 Å². The lowest BCUT2D eigenvalue weighted by molar-refractivity contribution is -0.152. The molecule has 2 aliphatic carbocycles. The molecule has 4 rings (SSSR count). The van der Waals surface area contributed by atoms with Gasteiger partial charge >= 0.3 is 11.9 Å². The number of carbonyl (C=O) groups is 2. The van der Waals surface area contributed by atoms with Crippen molar-refractivity contribution in [1.29, 1.82) is 0 Å². The van der Waals surface area contributed by atoms with Crippen molar-refractivity contribution in [3.8, 4) is 11.5 Å². The highest BCUT2D eigenvalue weighted by Crippen LogP contribution is 2.60.